The third-order valence-electron chi connectivity index (χ3n) is 3.15. The molecule has 0 aromatic carbocycles. The smallest absolute Gasteiger partial charge is 0.125 e. The fourth-order valence-electron chi connectivity index (χ4n) is 1.66. The van der Waals surface area contributed by atoms with Crippen LogP contribution in [0.2, 0.25) is 0 Å². The van der Waals surface area contributed by atoms with E-state index in [2.05, 4.69) is 10.8 Å². The largest absolute Gasteiger partial charge is 0.389 e. The predicted octanol–water partition coefficient (Wildman–Crippen LogP) is 0.498. The molecule has 1 heterocycles. The first-order valence-electron chi connectivity index (χ1n) is 6.19. The summed E-state index contributed by atoms with van der Waals surface area (Å²) in [6.07, 6.45) is 5.66. The monoisotopic (exact) mass is 241 g/mol. The van der Waals surface area contributed by atoms with E-state index in [0.717, 1.165) is 32.7 Å². The second-order valence-corrected chi connectivity index (χ2v) is 4.61. The Morgan fingerprint density at radius 3 is 2.71 bits per heavy atom. The summed E-state index contributed by atoms with van der Waals surface area (Å²) in [5.41, 5.74) is -0.564. The maximum absolute atomic E-state index is 9.88. The number of β-amino-alcohol motifs (C(OH)–C–C–N with tert-alkyl or cyclic N) is 1. The van der Waals surface area contributed by atoms with Crippen molar-refractivity contribution in [1.29, 1.82) is 0 Å². The molecule has 0 aliphatic carbocycles. The molecular weight excluding hydrogens is 218 g/mol. The fraction of sp³-hybridized carbons (Fsp3) is 0.846. The normalized spacial score (nSPS) is 22.7. The van der Waals surface area contributed by atoms with E-state index in [1.165, 1.54) is 0 Å². The molecule has 2 atom stereocenters. The number of terminal acetylenes is 1. The minimum absolute atomic E-state index is 0.284. The number of aliphatic hydroxyl groups excluding tert-OH is 1. The molecule has 4 heteroatoms. The lowest BCUT2D eigenvalue weighted by Gasteiger charge is -2.30. The van der Waals surface area contributed by atoms with Crippen LogP contribution in [0.15, 0.2) is 0 Å². The van der Waals surface area contributed by atoms with Crippen LogP contribution in [0, 0.1) is 12.3 Å². The van der Waals surface area contributed by atoms with E-state index in [0.29, 0.717) is 6.54 Å². The number of aliphatic hydroxyl groups is 1. The van der Waals surface area contributed by atoms with Gasteiger partial charge in [0.1, 0.15) is 5.60 Å². The summed E-state index contributed by atoms with van der Waals surface area (Å²) >= 11 is 0. The van der Waals surface area contributed by atoms with E-state index >= 15 is 0 Å². The molecular formula is C13H23NO3. The predicted molar refractivity (Wildman–Crippen MR) is 66.7 cm³/mol. The zero-order valence-corrected chi connectivity index (χ0v) is 10.8. The molecule has 1 aliphatic rings. The Balaban J connectivity index is 2.24. The third kappa shape index (κ3) is 5.05. The van der Waals surface area contributed by atoms with E-state index in [1.807, 2.05) is 13.8 Å². The number of morpholine rings is 1. The average Bonchev–Trinajstić information content (AvgIpc) is 2.37. The van der Waals surface area contributed by atoms with Crippen LogP contribution in [0.3, 0.4) is 0 Å². The van der Waals surface area contributed by atoms with Crippen molar-refractivity contribution in [3.63, 3.8) is 0 Å². The van der Waals surface area contributed by atoms with Gasteiger partial charge in [-0.15, -0.1) is 6.42 Å². The first kappa shape index (κ1) is 14.5. The Bertz CT molecular complexity index is 258. The van der Waals surface area contributed by atoms with E-state index in [9.17, 15) is 5.11 Å². The lowest BCUT2D eigenvalue weighted by Crippen LogP contribution is -2.43. The molecule has 1 fully saturated rings. The summed E-state index contributed by atoms with van der Waals surface area (Å²) < 4.78 is 10.8. The molecule has 0 aromatic heterocycles. The van der Waals surface area contributed by atoms with Crippen LogP contribution in [0.1, 0.15) is 20.3 Å². The second kappa shape index (κ2) is 6.97. The van der Waals surface area contributed by atoms with Crippen molar-refractivity contribution in [2.75, 3.05) is 39.5 Å². The molecule has 0 bridgehead atoms. The van der Waals surface area contributed by atoms with Crippen molar-refractivity contribution >= 4 is 0 Å². The van der Waals surface area contributed by atoms with Gasteiger partial charge in [-0.05, 0) is 13.3 Å². The Morgan fingerprint density at radius 2 is 2.18 bits per heavy atom. The van der Waals surface area contributed by atoms with Gasteiger partial charge in [-0.25, -0.2) is 0 Å². The van der Waals surface area contributed by atoms with Crippen molar-refractivity contribution in [3.8, 4) is 12.3 Å². The Kier molecular flexibility index (Phi) is 5.93. The Morgan fingerprint density at radius 1 is 1.53 bits per heavy atom. The van der Waals surface area contributed by atoms with Gasteiger partial charge in [0.25, 0.3) is 0 Å². The van der Waals surface area contributed by atoms with Crippen molar-refractivity contribution in [3.05, 3.63) is 0 Å². The number of hydrogen-bond donors (Lipinski definition) is 1. The summed E-state index contributed by atoms with van der Waals surface area (Å²) in [6.45, 7) is 7.98. The van der Waals surface area contributed by atoms with E-state index in [-0.39, 0.29) is 6.61 Å². The second-order valence-electron chi connectivity index (χ2n) is 4.61. The van der Waals surface area contributed by atoms with Crippen LogP contribution in [-0.2, 0) is 9.47 Å². The molecule has 1 aliphatic heterocycles. The number of hydrogen-bond acceptors (Lipinski definition) is 4. The molecule has 1 N–H and O–H groups in total. The van der Waals surface area contributed by atoms with Gasteiger partial charge in [-0.2, -0.15) is 0 Å². The SMILES string of the molecule is C#C[C@@](C)(CC)OC[C@H](O)CN1CCOCC1. The van der Waals surface area contributed by atoms with Crippen LogP contribution in [0.5, 0.6) is 0 Å². The van der Waals surface area contributed by atoms with Crippen molar-refractivity contribution in [1.82, 2.24) is 4.90 Å². The molecule has 0 unspecified atom stereocenters. The van der Waals surface area contributed by atoms with Gasteiger partial charge < -0.3 is 14.6 Å². The molecule has 1 saturated heterocycles. The first-order valence-corrected chi connectivity index (χ1v) is 6.19. The highest BCUT2D eigenvalue weighted by Gasteiger charge is 2.22. The molecule has 0 saturated carbocycles. The maximum Gasteiger partial charge on any atom is 0.125 e. The summed E-state index contributed by atoms with van der Waals surface area (Å²) in [5, 5.41) is 9.88. The van der Waals surface area contributed by atoms with Gasteiger partial charge in [-0.1, -0.05) is 12.8 Å². The average molecular weight is 241 g/mol. The fourth-order valence-corrected chi connectivity index (χ4v) is 1.66. The molecule has 0 spiro atoms. The van der Waals surface area contributed by atoms with Gasteiger partial charge in [0.15, 0.2) is 0 Å². The number of ether oxygens (including phenoxy) is 2. The van der Waals surface area contributed by atoms with Crippen LogP contribution in [-0.4, -0.2) is 61.2 Å². The highest BCUT2D eigenvalue weighted by atomic mass is 16.5. The van der Waals surface area contributed by atoms with Gasteiger partial charge in [-0.3, -0.25) is 4.90 Å². The van der Waals surface area contributed by atoms with Crippen LogP contribution >= 0.6 is 0 Å². The summed E-state index contributed by atoms with van der Waals surface area (Å²) in [4.78, 5) is 2.18. The molecule has 1 rings (SSSR count). The topological polar surface area (TPSA) is 41.9 Å². The summed E-state index contributed by atoms with van der Waals surface area (Å²) in [6, 6.07) is 0. The standard InChI is InChI=1S/C13H23NO3/c1-4-13(3,5-2)17-11-12(15)10-14-6-8-16-9-7-14/h1,12,15H,5-11H2,2-3H3/t12-,13+/m1/s1. The maximum atomic E-state index is 9.88. The zero-order chi connectivity index (χ0) is 12.7. The first-order chi connectivity index (χ1) is 8.09. The Hall–Kier alpha value is -0.600. The van der Waals surface area contributed by atoms with E-state index in [4.69, 9.17) is 15.9 Å². The lowest BCUT2D eigenvalue weighted by atomic mass is 10.1. The minimum Gasteiger partial charge on any atom is -0.389 e. The van der Waals surface area contributed by atoms with Gasteiger partial charge in [0.2, 0.25) is 0 Å². The molecule has 0 amide bonds. The number of nitrogens with zero attached hydrogens (tertiary/aromatic N) is 1. The van der Waals surface area contributed by atoms with Gasteiger partial charge in [0, 0.05) is 19.6 Å². The van der Waals surface area contributed by atoms with Crippen LogP contribution in [0.4, 0.5) is 0 Å². The summed E-state index contributed by atoms with van der Waals surface area (Å²) in [5.74, 6) is 2.62. The lowest BCUT2D eigenvalue weighted by molar-refractivity contribution is -0.0558. The Labute approximate surface area is 104 Å². The van der Waals surface area contributed by atoms with Gasteiger partial charge >= 0.3 is 0 Å². The molecule has 17 heavy (non-hydrogen) atoms. The van der Waals surface area contributed by atoms with Gasteiger partial charge in [0.05, 0.1) is 25.9 Å². The van der Waals surface area contributed by atoms with Crippen molar-refractivity contribution in [2.24, 2.45) is 0 Å². The minimum atomic E-state index is -0.564. The number of rotatable bonds is 6. The van der Waals surface area contributed by atoms with Crippen molar-refractivity contribution in [2.45, 2.75) is 32.0 Å². The van der Waals surface area contributed by atoms with Crippen LogP contribution < -0.4 is 0 Å². The zero-order valence-electron chi connectivity index (χ0n) is 10.8. The highest BCUT2D eigenvalue weighted by molar-refractivity contribution is 5.05. The molecule has 98 valence electrons. The molecule has 4 nitrogen and oxygen atoms in total. The highest BCUT2D eigenvalue weighted by Crippen LogP contribution is 2.14. The third-order valence-corrected chi connectivity index (χ3v) is 3.15. The quantitative estimate of drug-likeness (QED) is 0.688. The summed E-state index contributed by atoms with van der Waals surface area (Å²) in [7, 11) is 0. The van der Waals surface area contributed by atoms with Crippen molar-refractivity contribution < 1.29 is 14.6 Å². The molecule has 0 radical (unpaired) electrons. The van der Waals surface area contributed by atoms with Crippen LogP contribution in [0.25, 0.3) is 0 Å². The molecule has 0 aromatic rings. The van der Waals surface area contributed by atoms with E-state index in [1.54, 1.807) is 0 Å². The van der Waals surface area contributed by atoms with E-state index < -0.39 is 11.7 Å².